The Bertz CT molecular complexity index is 405. The minimum atomic E-state index is -1.24. The van der Waals surface area contributed by atoms with Gasteiger partial charge in [0.1, 0.15) is 0 Å². The normalized spacial score (nSPS) is 11.4. The number of halogens is 1. The molecule has 0 spiro atoms. The zero-order valence-corrected chi connectivity index (χ0v) is 7.56. The first-order valence-electron chi connectivity index (χ1n) is 3.43. The van der Waals surface area contributed by atoms with E-state index in [0.717, 1.165) is 6.20 Å². The Balaban J connectivity index is 3.19. The zero-order chi connectivity index (χ0) is 10.7. The van der Waals surface area contributed by atoms with E-state index in [1.165, 1.54) is 6.07 Å². The van der Waals surface area contributed by atoms with Crippen molar-refractivity contribution in [3.63, 3.8) is 0 Å². The first-order chi connectivity index (χ1) is 6.56. The Morgan fingerprint density at radius 2 is 2.29 bits per heavy atom. The van der Waals surface area contributed by atoms with Gasteiger partial charge in [0.25, 0.3) is 0 Å². The fourth-order valence-corrected chi connectivity index (χ4v) is 1.04. The molecule has 0 aliphatic heterocycles. The summed E-state index contributed by atoms with van der Waals surface area (Å²) in [6, 6.07) is 1.26. The number of pyridine rings is 1. The summed E-state index contributed by atoms with van der Waals surface area (Å²) in [4.78, 5) is 14.1. The summed E-state index contributed by atoms with van der Waals surface area (Å²) in [6.07, 6.45) is 1.16. The molecule has 0 aliphatic carbocycles. The van der Waals surface area contributed by atoms with Crippen molar-refractivity contribution in [1.82, 2.24) is 4.98 Å². The molecule has 0 fully saturated rings. The molecule has 0 aromatic carbocycles. The van der Waals surface area contributed by atoms with Gasteiger partial charge < -0.3 is 16.0 Å². The Morgan fingerprint density at radius 3 is 2.71 bits per heavy atom. The highest BCUT2D eigenvalue weighted by Gasteiger charge is 2.11. The number of carboxylic acids is 1. The van der Waals surface area contributed by atoms with Gasteiger partial charge in [0.05, 0.1) is 5.02 Å². The van der Waals surface area contributed by atoms with E-state index in [9.17, 15) is 4.79 Å². The molecule has 6 nitrogen and oxygen atoms in total. The Labute approximate surface area is 83.6 Å². The van der Waals surface area contributed by atoms with Gasteiger partial charge in [-0.05, 0) is 6.07 Å². The quantitative estimate of drug-likeness (QED) is 0.289. The summed E-state index contributed by atoms with van der Waals surface area (Å²) in [5, 5.41) is 19.6. The van der Waals surface area contributed by atoms with E-state index < -0.39 is 5.97 Å². The molecule has 0 saturated heterocycles. The predicted molar refractivity (Wildman–Crippen MR) is 48.7 cm³/mol. The molecular weight excluding hydrogens is 210 g/mol. The van der Waals surface area contributed by atoms with Crippen LogP contribution < -0.4 is 5.73 Å². The van der Waals surface area contributed by atoms with E-state index in [2.05, 4.69) is 10.1 Å². The number of carboxylic acid groups (broad SMARTS) is 1. The number of rotatable bonds is 2. The van der Waals surface area contributed by atoms with Crippen molar-refractivity contribution in [2.75, 3.05) is 0 Å². The second kappa shape index (κ2) is 3.93. The number of carbonyl (C=O) groups is 1. The van der Waals surface area contributed by atoms with Gasteiger partial charge in [-0.3, -0.25) is 0 Å². The molecule has 7 heteroatoms. The second-order valence-corrected chi connectivity index (χ2v) is 2.75. The van der Waals surface area contributed by atoms with Crippen molar-refractivity contribution in [3.8, 4) is 0 Å². The summed E-state index contributed by atoms with van der Waals surface area (Å²) in [6.45, 7) is 0. The fraction of sp³-hybridized carbons (Fsp3) is 0. The van der Waals surface area contributed by atoms with Crippen molar-refractivity contribution >= 4 is 23.4 Å². The number of amidine groups is 1. The molecule has 0 bridgehead atoms. The molecule has 14 heavy (non-hydrogen) atoms. The molecule has 0 aliphatic rings. The first kappa shape index (κ1) is 10.3. The number of aromatic nitrogens is 1. The number of nitrogens with two attached hydrogens (primary N) is 1. The topological polar surface area (TPSA) is 109 Å². The van der Waals surface area contributed by atoms with Gasteiger partial charge in [-0.1, -0.05) is 16.8 Å². The monoisotopic (exact) mass is 215 g/mol. The molecule has 0 radical (unpaired) electrons. The molecule has 0 unspecified atom stereocenters. The lowest BCUT2D eigenvalue weighted by molar-refractivity contribution is 0.0690. The van der Waals surface area contributed by atoms with Crippen LogP contribution in [-0.4, -0.2) is 27.1 Å². The van der Waals surface area contributed by atoms with Crippen molar-refractivity contribution in [2.24, 2.45) is 10.9 Å². The van der Waals surface area contributed by atoms with Crippen LogP contribution >= 0.6 is 11.6 Å². The number of nitrogens with zero attached hydrogens (tertiary/aromatic N) is 2. The fourth-order valence-electron chi connectivity index (χ4n) is 0.793. The largest absolute Gasteiger partial charge is 0.476 e. The molecule has 1 heterocycles. The van der Waals surface area contributed by atoms with Gasteiger partial charge in [-0.25, -0.2) is 9.78 Å². The summed E-state index contributed by atoms with van der Waals surface area (Å²) < 4.78 is 0. The minimum Gasteiger partial charge on any atom is -0.476 e. The maximum Gasteiger partial charge on any atom is 0.356 e. The Hall–Kier alpha value is -1.82. The molecule has 1 aromatic heterocycles. The van der Waals surface area contributed by atoms with Crippen LogP contribution in [0, 0.1) is 0 Å². The predicted octanol–water partition coefficient (Wildman–Crippen LogP) is 0.528. The average molecular weight is 216 g/mol. The average Bonchev–Trinajstić information content (AvgIpc) is 2.15. The summed E-state index contributed by atoms with van der Waals surface area (Å²) in [5.41, 5.74) is 5.22. The smallest absolute Gasteiger partial charge is 0.356 e. The van der Waals surface area contributed by atoms with Crippen LogP contribution in [0.15, 0.2) is 17.4 Å². The molecular formula is C7H6ClN3O3. The number of hydrogen-bond donors (Lipinski definition) is 3. The van der Waals surface area contributed by atoms with Crippen molar-refractivity contribution in [1.29, 1.82) is 0 Å². The van der Waals surface area contributed by atoms with E-state index in [4.69, 9.17) is 27.6 Å². The van der Waals surface area contributed by atoms with E-state index in [-0.39, 0.29) is 22.1 Å². The van der Waals surface area contributed by atoms with Crippen molar-refractivity contribution in [3.05, 3.63) is 28.5 Å². The van der Waals surface area contributed by atoms with Crippen LogP contribution in [0.4, 0.5) is 0 Å². The van der Waals surface area contributed by atoms with Crippen LogP contribution in [0.2, 0.25) is 5.02 Å². The third-order valence-corrected chi connectivity index (χ3v) is 1.74. The standard InChI is InChI=1S/C7H6ClN3O3/c8-4-1-3(6(9)11-14)2-10-5(4)7(12)13/h1-2,14H,(H2,9,11)(H,12,13). The molecule has 4 N–H and O–H groups in total. The van der Waals surface area contributed by atoms with Gasteiger partial charge in [0.2, 0.25) is 0 Å². The van der Waals surface area contributed by atoms with Crippen LogP contribution in [0.3, 0.4) is 0 Å². The molecule has 1 rings (SSSR count). The lowest BCUT2D eigenvalue weighted by atomic mass is 10.2. The van der Waals surface area contributed by atoms with E-state index in [1.54, 1.807) is 0 Å². The van der Waals surface area contributed by atoms with Gasteiger partial charge in [0, 0.05) is 11.8 Å². The lowest BCUT2D eigenvalue weighted by Crippen LogP contribution is -2.14. The van der Waals surface area contributed by atoms with Gasteiger partial charge in [0.15, 0.2) is 11.5 Å². The second-order valence-electron chi connectivity index (χ2n) is 2.34. The van der Waals surface area contributed by atoms with Crippen LogP contribution in [0.25, 0.3) is 0 Å². The van der Waals surface area contributed by atoms with E-state index in [1.807, 2.05) is 0 Å². The van der Waals surface area contributed by atoms with Crippen LogP contribution in [-0.2, 0) is 0 Å². The van der Waals surface area contributed by atoms with Crippen LogP contribution in [0.5, 0.6) is 0 Å². The third-order valence-electron chi connectivity index (χ3n) is 1.45. The zero-order valence-electron chi connectivity index (χ0n) is 6.81. The van der Waals surface area contributed by atoms with Gasteiger partial charge >= 0.3 is 5.97 Å². The van der Waals surface area contributed by atoms with Crippen LogP contribution in [0.1, 0.15) is 16.1 Å². The summed E-state index contributed by atoms with van der Waals surface area (Å²) in [5.74, 6) is -1.42. The highest BCUT2D eigenvalue weighted by atomic mass is 35.5. The Morgan fingerprint density at radius 1 is 1.64 bits per heavy atom. The van der Waals surface area contributed by atoms with Crippen molar-refractivity contribution < 1.29 is 15.1 Å². The molecule has 0 amide bonds. The highest BCUT2D eigenvalue weighted by molar-refractivity contribution is 6.33. The maximum atomic E-state index is 10.5. The summed E-state index contributed by atoms with van der Waals surface area (Å²) >= 11 is 5.59. The minimum absolute atomic E-state index is 0.0680. The molecule has 0 saturated carbocycles. The van der Waals surface area contributed by atoms with E-state index in [0.29, 0.717) is 0 Å². The number of aromatic carboxylic acids is 1. The first-order valence-corrected chi connectivity index (χ1v) is 3.80. The SMILES string of the molecule is N/C(=N/O)c1cnc(C(=O)O)c(Cl)c1. The van der Waals surface area contributed by atoms with Crippen molar-refractivity contribution in [2.45, 2.75) is 0 Å². The molecule has 1 aromatic rings. The molecule has 0 atom stereocenters. The van der Waals surface area contributed by atoms with Gasteiger partial charge in [-0.15, -0.1) is 0 Å². The number of hydrogen-bond acceptors (Lipinski definition) is 4. The number of oxime groups is 1. The Kier molecular flexibility index (Phi) is 2.88. The third kappa shape index (κ3) is 1.91. The molecule has 74 valence electrons. The van der Waals surface area contributed by atoms with Gasteiger partial charge in [-0.2, -0.15) is 0 Å². The van der Waals surface area contributed by atoms with E-state index >= 15 is 0 Å². The highest BCUT2D eigenvalue weighted by Crippen LogP contribution is 2.14. The maximum absolute atomic E-state index is 10.5. The lowest BCUT2D eigenvalue weighted by Gasteiger charge is -2.00. The summed E-state index contributed by atoms with van der Waals surface area (Å²) in [7, 11) is 0.